The van der Waals surface area contributed by atoms with Crippen LogP contribution in [-0.4, -0.2) is 44.6 Å². The van der Waals surface area contributed by atoms with Crippen molar-refractivity contribution in [2.75, 3.05) is 25.0 Å². The number of nitrogens with zero attached hydrogens (tertiary/aromatic N) is 4. The van der Waals surface area contributed by atoms with Crippen LogP contribution in [0.2, 0.25) is 0 Å². The standard InChI is InChI=1S/C30H37N5O/c1-21-18-27-29(19-22(21)2)35(30(32-27)28-10-6-13-33(28)4)15-7-14-34-16-11-24(12-17-34)25-8-5-9-26(20-25)31-23(3)36/h5-6,8-10,13,18-20,24H,7,11-12,14-17H2,1-4H3,(H,31,36). The first-order valence-corrected chi connectivity index (χ1v) is 13.1. The number of hydrogen-bond acceptors (Lipinski definition) is 3. The molecule has 0 spiro atoms. The van der Waals surface area contributed by atoms with Crippen molar-refractivity contribution in [1.82, 2.24) is 19.0 Å². The van der Waals surface area contributed by atoms with E-state index in [2.05, 4.69) is 88.9 Å². The van der Waals surface area contributed by atoms with Crippen molar-refractivity contribution in [2.24, 2.45) is 7.05 Å². The summed E-state index contributed by atoms with van der Waals surface area (Å²) >= 11 is 0. The number of imidazole rings is 1. The smallest absolute Gasteiger partial charge is 0.221 e. The van der Waals surface area contributed by atoms with Crippen LogP contribution in [0.1, 0.15) is 48.8 Å². The molecule has 1 aliphatic heterocycles. The Morgan fingerprint density at radius 2 is 1.81 bits per heavy atom. The Bertz CT molecular complexity index is 1370. The van der Waals surface area contributed by atoms with Crippen molar-refractivity contribution < 1.29 is 4.79 Å². The van der Waals surface area contributed by atoms with E-state index in [4.69, 9.17) is 4.98 Å². The molecule has 0 aliphatic carbocycles. The van der Waals surface area contributed by atoms with Gasteiger partial charge in [-0.05, 0) is 112 Å². The number of nitrogens with one attached hydrogen (secondary N) is 1. The number of aromatic nitrogens is 3. The fourth-order valence-corrected chi connectivity index (χ4v) is 5.51. The van der Waals surface area contributed by atoms with E-state index in [9.17, 15) is 4.79 Å². The van der Waals surface area contributed by atoms with Gasteiger partial charge in [-0.3, -0.25) is 4.79 Å². The molecule has 0 saturated carbocycles. The van der Waals surface area contributed by atoms with E-state index in [1.54, 1.807) is 6.92 Å². The van der Waals surface area contributed by atoms with E-state index < -0.39 is 0 Å². The highest BCUT2D eigenvalue weighted by Gasteiger charge is 2.21. The molecule has 2 aromatic carbocycles. The summed E-state index contributed by atoms with van der Waals surface area (Å²) in [6, 6.07) is 17.1. The second-order valence-electron chi connectivity index (χ2n) is 10.3. The molecular formula is C30H37N5O. The lowest BCUT2D eigenvalue weighted by molar-refractivity contribution is -0.114. The highest BCUT2D eigenvalue weighted by molar-refractivity contribution is 5.88. The van der Waals surface area contributed by atoms with E-state index >= 15 is 0 Å². The third-order valence-corrected chi connectivity index (χ3v) is 7.66. The Morgan fingerprint density at radius 1 is 1.03 bits per heavy atom. The van der Waals surface area contributed by atoms with Gasteiger partial charge in [-0.15, -0.1) is 0 Å². The Hall–Kier alpha value is -3.38. The average molecular weight is 484 g/mol. The van der Waals surface area contributed by atoms with Crippen molar-refractivity contribution >= 4 is 22.6 Å². The monoisotopic (exact) mass is 483 g/mol. The van der Waals surface area contributed by atoms with Gasteiger partial charge in [0.25, 0.3) is 0 Å². The number of hydrogen-bond donors (Lipinski definition) is 1. The molecule has 4 aromatic rings. The summed E-state index contributed by atoms with van der Waals surface area (Å²) in [6.45, 7) is 10.2. The third kappa shape index (κ3) is 5.09. The molecule has 6 heteroatoms. The van der Waals surface area contributed by atoms with Crippen LogP contribution >= 0.6 is 0 Å². The number of amides is 1. The van der Waals surface area contributed by atoms with Crippen LogP contribution in [0.3, 0.4) is 0 Å². The van der Waals surface area contributed by atoms with Crippen LogP contribution in [-0.2, 0) is 18.4 Å². The quantitative estimate of drug-likeness (QED) is 0.357. The van der Waals surface area contributed by atoms with Crippen LogP contribution in [0, 0.1) is 13.8 Å². The summed E-state index contributed by atoms with van der Waals surface area (Å²) in [6.07, 6.45) is 5.50. The van der Waals surface area contributed by atoms with Gasteiger partial charge in [-0.25, -0.2) is 4.98 Å². The molecule has 1 aliphatic rings. The number of anilines is 1. The second kappa shape index (κ2) is 10.3. The highest BCUT2D eigenvalue weighted by Crippen LogP contribution is 2.30. The van der Waals surface area contributed by atoms with Gasteiger partial charge in [-0.2, -0.15) is 0 Å². The lowest BCUT2D eigenvalue weighted by Crippen LogP contribution is -2.34. The number of piperidine rings is 1. The van der Waals surface area contributed by atoms with Gasteiger partial charge in [-0.1, -0.05) is 12.1 Å². The average Bonchev–Trinajstić information content (AvgIpc) is 3.42. The molecule has 1 fully saturated rings. The summed E-state index contributed by atoms with van der Waals surface area (Å²) < 4.78 is 4.57. The molecule has 0 unspecified atom stereocenters. The van der Waals surface area contributed by atoms with Crippen molar-refractivity contribution in [3.63, 3.8) is 0 Å². The molecule has 0 bridgehead atoms. The fraction of sp³-hybridized carbons (Fsp3) is 0.400. The molecule has 2 aromatic heterocycles. The Balaban J connectivity index is 1.24. The molecule has 1 saturated heterocycles. The van der Waals surface area contributed by atoms with Crippen molar-refractivity contribution in [3.05, 3.63) is 71.4 Å². The van der Waals surface area contributed by atoms with Crippen LogP contribution < -0.4 is 5.32 Å². The van der Waals surface area contributed by atoms with Crippen molar-refractivity contribution in [2.45, 2.75) is 52.5 Å². The van der Waals surface area contributed by atoms with Gasteiger partial charge in [0.15, 0.2) is 5.82 Å². The molecule has 6 nitrogen and oxygen atoms in total. The first-order valence-electron chi connectivity index (χ1n) is 13.1. The Kier molecular flexibility index (Phi) is 6.97. The minimum Gasteiger partial charge on any atom is -0.348 e. The summed E-state index contributed by atoms with van der Waals surface area (Å²) in [4.78, 5) is 19.1. The predicted octanol–water partition coefficient (Wildman–Crippen LogP) is 5.89. The van der Waals surface area contributed by atoms with Gasteiger partial charge >= 0.3 is 0 Å². The van der Waals surface area contributed by atoms with Gasteiger partial charge in [0.2, 0.25) is 5.91 Å². The van der Waals surface area contributed by atoms with Gasteiger partial charge in [0, 0.05) is 32.4 Å². The van der Waals surface area contributed by atoms with Gasteiger partial charge in [0.1, 0.15) is 0 Å². The van der Waals surface area contributed by atoms with E-state index in [1.165, 1.54) is 22.2 Å². The van der Waals surface area contributed by atoms with E-state index in [0.717, 1.165) is 68.2 Å². The first-order chi connectivity index (χ1) is 17.4. The molecule has 0 atom stereocenters. The molecule has 1 amide bonds. The maximum absolute atomic E-state index is 11.4. The SMILES string of the molecule is CC(=O)Nc1cccc(C2CCN(CCCn3c(-c4cccn4C)nc4cc(C)c(C)cc43)CC2)c1. The second-order valence-corrected chi connectivity index (χ2v) is 10.3. The number of likely N-dealkylation sites (tertiary alicyclic amines) is 1. The number of fused-ring (bicyclic) bond motifs is 1. The van der Waals surface area contributed by atoms with E-state index in [0.29, 0.717) is 5.92 Å². The number of carbonyl (C=O) groups excluding carboxylic acids is 1. The third-order valence-electron chi connectivity index (χ3n) is 7.66. The van der Waals surface area contributed by atoms with Gasteiger partial charge in [0.05, 0.1) is 16.7 Å². The maximum Gasteiger partial charge on any atom is 0.221 e. The molecule has 0 radical (unpaired) electrons. The highest BCUT2D eigenvalue weighted by atomic mass is 16.1. The number of benzene rings is 2. The zero-order valence-corrected chi connectivity index (χ0v) is 21.9. The van der Waals surface area contributed by atoms with Crippen LogP contribution in [0.5, 0.6) is 0 Å². The molecule has 188 valence electrons. The minimum absolute atomic E-state index is 0.0202. The number of aryl methyl sites for hydroxylation is 4. The molecular weight excluding hydrogens is 446 g/mol. The van der Waals surface area contributed by atoms with Crippen LogP contribution in [0.15, 0.2) is 54.7 Å². The minimum atomic E-state index is -0.0202. The summed E-state index contributed by atoms with van der Waals surface area (Å²) in [5.41, 5.74) is 8.30. The van der Waals surface area contributed by atoms with Gasteiger partial charge < -0.3 is 19.4 Å². The van der Waals surface area contributed by atoms with Crippen molar-refractivity contribution in [1.29, 1.82) is 0 Å². The summed E-state index contributed by atoms with van der Waals surface area (Å²) in [5, 5.41) is 2.91. The van der Waals surface area contributed by atoms with Crippen LogP contribution in [0.25, 0.3) is 22.6 Å². The molecule has 5 rings (SSSR count). The maximum atomic E-state index is 11.4. The lowest BCUT2D eigenvalue weighted by atomic mass is 9.89. The first kappa shape index (κ1) is 24.3. The molecule has 36 heavy (non-hydrogen) atoms. The Labute approximate surface area is 213 Å². The number of rotatable bonds is 7. The molecule has 3 heterocycles. The lowest BCUT2D eigenvalue weighted by Gasteiger charge is -2.32. The number of carbonyl (C=O) groups is 1. The van der Waals surface area contributed by atoms with E-state index in [-0.39, 0.29) is 5.91 Å². The zero-order valence-electron chi connectivity index (χ0n) is 21.9. The van der Waals surface area contributed by atoms with Crippen molar-refractivity contribution in [3.8, 4) is 11.5 Å². The van der Waals surface area contributed by atoms with E-state index in [1.807, 2.05) is 6.07 Å². The zero-order chi connectivity index (χ0) is 25.2. The topological polar surface area (TPSA) is 55.1 Å². The Morgan fingerprint density at radius 3 is 2.53 bits per heavy atom. The summed E-state index contributed by atoms with van der Waals surface area (Å²) in [7, 11) is 2.09. The predicted molar refractivity (Wildman–Crippen MR) is 147 cm³/mol. The molecule has 1 N–H and O–H groups in total. The largest absolute Gasteiger partial charge is 0.348 e. The normalized spacial score (nSPS) is 15.0. The summed E-state index contributed by atoms with van der Waals surface area (Å²) in [5.74, 6) is 1.59. The fourth-order valence-electron chi connectivity index (χ4n) is 5.51. The van der Waals surface area contributed by atoms with Crippen LogP contribution in [0.4, 0.5) is 5.69 Å².